The SMILES string of the molecule is Cc1ccc(-c2ccccc2)c(C)c1N(c1ccccc1)c1cc2ccc3cc(N(c4ccccc4)c4c(C)ccc(-c5ccccc5)c4C)cc4ccc(c1)c2c34. The van der Waals surface area contributed by atoms with Crippen LogP contribution >= 0.6 is 0 Å². The van der Waals surface area contributed by atoms with E-state index in [1.165, 1.54) is 88.2 Å². The van der Waals surface area contributed by atoms with E-state index in [0.717, 1.165) is 22.7 Å². The highest BCUT2D eigenvalue weighted by atomic mass is 15.2. The van der Waals surface area contributed by atoms with Gasteiger partial charge in [-0.25, -0.2) is 0 Å². The Morgan fingerprint density at radius 2 is 0.603 bits per heavy atom. The van der Waals surface area contributed by atoms with Gasteiger partial charge in [-0.2, -0.15) is 0 Å². The Morgan fingerprint density at radius 3 is 0.931 bits per heavy atom. The van der Waals surface area contributed by atoms with Crippen molar-refractivity contribution < 1.29 is 0 Å². The highest BCUT2D eigenvalue weighted by Gasteiger charge is 2.23. The molecule has 0 unspecified atom stereocenters. The van der Waals surface area contributed by atoms with Crippen molar-refractivity contribution in [2.45, 2.75) is 27.7 Å². The lowest BCUT2D eigenvalue weighted by molar-refractivity contribution is 1.22. The predicted octanol–water partition coefficient (Wildman–Crippen LogP) is 16.1. The molecule has 0 aromatic heterocycles. The minimum Gasteiger partial charge on any atom is -0.310 e. The molecule has 0 aliphatic rings. The van der Waals surface area contributed by atoms with Crippen LogP contribution in [0.4, 0.5) is 34.1 Å². The maximum atomic E-state index is 2.45. The third-order valence-electron chi connectivity index (χ3n) is 11.9. The molecule has 10 rings (SSSR count). The number of aryl methyl sites for hydroxylation is 2. The van der Waals surface area contributed by atoms with E-state index >= 15 is 0 Å². The molecular formula is C56H44N2. The molecule has 0 aliphatic heterocycles. The average Bonchev–Trinajstić information content (AvgIpc) is 3.26. The molecule has 2 heteroatoms. The maximum Gasteiger partial charge on any atom is 0.0526 e. The highest BCUT2D eigenvalue weighted by Crippen LogP contribution is 2.48. The number of anilines is 6. The molecule has 0 atom stereocenters. The molecule has 10 aromatic rings. The van der Waals surface area contributed by atoms with E-state index in [-0.39, 0.29) is 0 Å². The molecule has 10 aromatic carbocycles. The minimum atomic E-state index is 1.14. The molecule has 0 amide bonds. The molecule has 0 saturated heterocycles. The molecule has 0 aliphatic carbocycles. The van der Waals surface area contributed by atoms with E-state index in [4.69, 9.17) is 0 Å². The first-order valence-electron chi connectivity index (χ1n) is 20.2. The van der Waals surface area contributed by atoms with Gasteiger partial charge in [0.15, 0.2) is 0 Å². The Labute approximate surface area is 341 Å². The fraction of sp³-hybridized carbons (Fsp3) is 0.0714. The topological polar surface area (TPSA) is 6.48 Å². The van der Waals surface area contributed by atoms with E-state index in [1.54, 1.807) is 0 Å². The lowest BCUT2D eigenvalue weighted by Gasteiger charge is -2.31. The summed E-state index contributed by atoms with van der Waals surface area (Å²) in [4.78, 5) is 4.91. The van der Waals surface area contributed by atoms with Gasteiger partial charge >= 0.3 is 0 Å². The molecular weight excluding hydrogens is 701 g/mol. The van der Waals surface area contributed by atoms with Crippen molar-refractivity contribution in [3.05, 3.63) is 216 Å². The third kappa shape index (κ3) is 5.97. The van der Waals surface area contributed by atoms with Crippen LogP contribution in [0.5, 0.6) is 0 Å². The Hall–Kier alpha value is -7.16. The fourth-order valence-corrected chi connectivity index (χ4v) is 9.25. The Bertz CT molecular complexity index is 2800. The fourth-order valence-electron chi connectivity index (χ4n) is 9.25. The van der Waals surface area contributed by atoms with Gasteiger partial charge in [-0.05, 0) is 153 Å². The Morgan fingerprint density at radius 1 is 0.293 bits per heavy atom. The van der Waals surface area contributed by atoms with Crippen molar-refractivity contribution >= 4 is 66.4 Å². The van der Waals surface area contributed by atoms with Crippen LogP contribution in [0, 0.1) is 27.7 Å². The third-order valence-corrected chi connectivity index (χ3v) is 11.9. The molecule has 0 saturated carbocycles. The summed E-state index contributed by atoms with van der Waals surface area (Å²) in [6, 6.07) is 71.0. The standard InChI is InChI=1S/C56H44N2/c1-37-25-31-51(41-17-9-5-10-18-41)39(3)55(37)57(47-21-13-7-14-22-47)49-33-43-27-29-45-35-50(36-46-30-28-44(34-49)53(43)54(45)46)58(48-23-15-8-16-24-48)56-38(2)26-32-52(40(56)4)42-19-11-6-12-20-42/h5-36H,1-4H3. The summed E-state index contributed by atoms with van der Waals surface area (Å²) in [6.07, 6.45) is 0. The molecule has 278 valence electrons. The van der Waals surface area contributed by atoms with Crippen LogP contribution in [0.2, 0.25) is 0 Å². The van der Waals surface area contributed by atoms with Crippen molar-refractivity contribution in [1.29, 1.82) is 0 Å². The van der Waals surface area contributed by atoms with Crippen molar-refractivity contribution in [3.8, 4) is 22.3 Å². The molecule has 0 spiro atoms. The quantitative estimate of drug-likeness (QED) is 0.143. The second kappa shape index (κ2) is 14.4. The summed E-state index contributed by atoms with van der Waals surface area (Å²) in [5.41, 5.74) is 16.9. The van der Waals surface area contributed by atoms with Gasteiger partial charge in [0.1, 0.15) is 0 Å². The summed E-state index contributed by atoms with van der Waals surface area (Å²) < 4.78 is 0. The van der Waals surface area contributed by atoms with Crippen molar-refractivity contribution in [2.24, 2.45) is 0 Å². The van der Waals surface area contributed by atoms with Crippen LogP contribution in [0.15, 0.2) is 194 Å². The monoisotopic (exact) mass is 744 g/mol. The zero-order valence-corrected chi connectivity index (χ0v) is 33.4. The summed E-state index contributed by atoms with van der Waals surface area (Å²) in [5, 5.41) is 7.53. The molecule has 0 N–H and O–H groups in total. The van der Waals surface area contributed by atoms with Gasteiger partial charge in [0.05, 0.1) is 11.4 Å². The molecule has 0 radical (unpaired) electrons. The van der Waals surface area contributed by atoms with E-state index < -0.39 is 0 Å². The summed E-state index contributed by atoms with van der Waals surface area (Å²) in [6.45, 7) is 9.00. The first-order chi connectivity index (χ1) is 28.4. The van der Waals surface area contributed by atoms with Crippen LogP contribution in [0.3, 0.4) is 0 Å². The summed E-state index contributed by atoms with van der Waals surface area (Å²) >= 11 is 0. The lowest BCUT2D eigenvalue weighted by Crippen LogP contribution is -2.14. The van der Waals surface area contributed by atoms with Gasteiger partial charge in [0.2, 0.25) is 0 Å². The number of nitrogens with zero attached hydrogens (tertiary/aromatic N) is 2. The summed E-state index contributed by atoms with van der Waals surface area (Å²) in [5.74, 6) is 0. The molecule has 58 heavy (non-hydrogen) atoms. The first kappa shape index (κ1) is 35.3. The van der Waals surface area contributed by atoms with Crippen LogP contribution in [0.1, 0.15) is 22.3 Å². The normalized spacial score (nSPS) is 11.4. The number of hydrogen-bond acceptors (Lipinski definition) is 2. The Kier molecular flexibility index (Phi) is 8.76. The number of hydrogen-bond donors (Lipinski definition) is 0. The largest absolute Gasteiger partial charge is 0.310 e. The van der Waals surface area contributed by atoms with Gasteiger partial charge in [-0.1, -0.05) is 146 Å². The van der Waals surface area contributed by atoms with Gasteiger partial charge in [-0.3, -0.25) is 0 Å². The van der Waals surface area contributed by atoms with E-state index in [1.807, 2.05) is 0 Å². The van der Waals surface area contributed by atoms with Gasteiger partial charge in [-0.15, -0.1) is 0 Å². The molecule has 2 nitrogen and oxygen atoms in total. The van der Waals surface area contributed by atoms with Crippen LogP contribution in [-0.4, -0.2) is 0 Å². The van der Waals surface area contributed by atoms with Crippen molar-refractivity contribution in [3.63, 3.8) is 0 Å². The van der Waals surface area contributed by atoms with E-state index in [2.05, 4.69) is 232 Å². The minimum absolute atomic E-state index is 1.14. The second-order valence-electron chi connectivity index (χ2n) is 15.5. The van der Waals surface area contributed by atoms with Gasteiger partial charge in [0, 0.05) is 22.7 Å². The van der Waals surface area contributed by atoms with E-state index in [9.17, 15) is 0 Å². The second-order valence-corrected chi connectivity index (χ2v) is 15.5. The summed E-state index contributed by atoms with van der Waals surface area (Å²) in [7, 11) is 0. The zero-order chi connectivity index (χ0) is 39.3. The zero-order valence-electron chi connectivity index (χ0n) is 33.4. The molecule has 0 fully saturated rings. The lowest BCUT2D eigenvalue weighted by atomic mass is 9.91. The van der Waals surface area contributed by atoms with Crippen LogP contribution < -0.4 is 9.80 Å². The average molecular weight is 745 g/mol. The van der Waals surface area contributed by atoms with Gasteiger partial charge < -0.3 is 9.80 Å². The molecule has 0 bridgehead atoms. The van der Waals surface area contributed by atoms with E-state index in [0.29, 0.717) is 0 Å². The molecule has 0 heterocycles. The predicted molar refractivity (Wildman–Crippen MR) is 249 cm³/mol. The number of para-hydroxylation sites is 2. The Balaban J connectivity index is 1.15. The van der Waals surface area contributed by atoms with Gasteiger partial charge in [0.25, 0.3) is 0 Å². The van der Waals surface area contributed by atoms with Crippen molar-refractivity contribution in [1.82, 2.24) is 0 Å². The maximum absolute atomic E-state index is 2.45. The van der Waals surface area contributed by atoms with Crippen molar-refractivity contribution in [2.75, 3.05) is 9.80 Å². The number of benzene rings is 10. The van der Waals surface area contributed by atoms with Crippen LogP contribution in [0.25, 0.3) is 54.6 Å². The first-order valence-corrected chi connectivity index (χ1v) is 20.2. The number of rotatable bonds is 8. The smallest absolute Gasteiger partial charge is 0.0526 e. The highest BCUT2D eigenvalue weighted by molar-refractivity contribution is 6.24. The van der Waals surface area contributed by atoms with Crippen LogP contribution in [-0.2, 0) is 0 Å².